The molecular weight excluding hydrogens is 1100 g/mol. The molecule has 0 aliphatic carbocycles. The third-order valence-corrected chi connectivity index (χ3v) is 21.8. The highest BCUT2D eigenvalue weighted by molar-refractivity contribution is 6.35. The van der Waals surface area contributed by atoms with Crippen LogP contribution in [0.2, 0.25) is 0 Å². The molecule has 4 atom stereocenters. The van der Waals surface area contributed by atoms with Crippen LogP contribution in [0.3, 0.4) is 0 Å². The van der Waals surface area contributed by atoms with Crippen molar-refractivity contribution in [2.75, 3.05) is 59.0 Å². The average Bonchev–Trinajstić information content (AvgIpc) is 1.81. The summed E-state index contributed by atoms with van der Waals surface area (Å²) in [5, 5.41) is 4.98. The number of piperidine rings is 5. The molecule has 7 heterocycles. The van der Waals surface area contributed by atoms with Crippen molar-refractivity contribution in [2.24, 2.45) is 41.4 Å². The van der Waals surface area contributed by atoms with E-state index in [1.165, 1.54) is 103 Å². The topological polar surface area (TPSA) is 92.9 Å². The normalized spacial score (nSPS) is 29.1. The van der Waals surface area contributed by atoms with Gasteiger partial charge in [0.1, 0.15) is 0 Å². The van der Waals surface area contributed by atoms with Gasteiger partial charge in [-0.3, -0.25) is 34.1 Å². The van der Waals surface area contributed by atoms with Gasteiger partial charge in [-0.25, -0.2) is 0 Å². The van der Waals surface area contributed by atoms with Gasteiger partial charge < -0.3 is 20.1 Å². The van der Waals surface area contributed by atoms with Crippen molar-refractivity contribution in [3.63, 3.8) is 0 Å². The van der Waals surface area contributed by atoms with E-state index in [2.05, 4.69) is 241 Å². The summed E-state index contributed by atoms with van der Waals surface area (Å²) in [4.78, 5) is 35.6. The molecule has 0 bridgehead atoms. The molecule has 2 N–H and O–H groups in total. The maximum atomic E-state index is 10.9. The van der Waals surface area contributed by atoms with Crippen molar-refractivity contribution < 1.29 is 19.1 Å². The summed E-state index contributed by atoms with van der Waals surface area (Å²) in [6, 6.07) is 0. The first kappa shape index (κ1) is 83.5. The number of amides is 2. The van der Waals surface area contributed by atoms with Crippen LogP contribution in [0.15, 0.2) is 12.2 Å². The number of likely N-dealkylation sites (tertiary alicyclic amines) is 5. The molecule has 2 amide bonds. The van der Waals surface area contributed by atoms with Crippen molar-refractivity contribution in [1.29, 1.82) is 0 Å². The van der Waals surface area contributed by atoms with Gasteiger partial charge in [0.05, 0.1) is 25.4 Å². The highest BCUT2D eigenvalue weighted by atomic mass is 16.6. The van der Waals surface area contributed by atoms with E-state index in [1.54, 1.807) is 0 Å². The standard InChI is InChI=1S/C24H48N2.C24H46N2.C13H27N.C8H16N2O2.C8H14O2.CH4/c2*1-19-15-21(3,4)25(22(5,6)16-19)13-11-12-14-26-23(7,8)17-20(2)18-24(26,9)10;1-7-8-14-12(3,4)9-11(2)10-13(14,5)6;1-3-5-9-7(11)8(12)10-6-4-2;1-5-3-9-8-6(2)4-10-7(5)8;/h19-20H,11-18H2,1-10H3;11-12,19-20H,13-18H2,1-10H3;11H,7-10H2,1-6H3;3-6H2,1-2H3,(H,9,11)(H,10,12);5-8H,3-4H2,1-2H3;1H4/t;;;;5-,6+,7?,8?;. The van der Waals surface area contributed by atoms with Gasteiger partial charge in [0.25, 0.3) is 0 Å². The Labute approximate surface area is 555 Å². The second-order valence-corrected chi connectivity index (χ2v) is 36.6. The number of nitrogens with zero attached hydrogens (tertiary/aromatic N) is 5. The van der Waals surface area contributed by atoms with E-state index in [-0.39, 0.29) is 29.6 Å². The third kappa shape index (κ3) is 24.2. The number of nitrogens with one attached hydrogen (secondary N) is 2. The number of rotatable bonds is 15. The minimum Gasteiger partial charge on any atom is -0.375 e. The van der Waals surface area contributed by atoms with E-state index in [0.29, 0.717) is 70.4 Å². The molecule has 526 valence electrons. The number of unbranched alkanes of at least 4 members (excludes halogenated alkanes) is 1. The molecule has 11 heteroatoms. The molecule has 11 nitrogen and oxygen atoms in total. The summed E-state index contributed by atoms with van der Waals surface area (Å²) < 4.78 is 11.2. The lowest BCUT2D eigenvalue weighted by Gasteiger charge is -2.56. The van der Waals surface area contributed by atoms with Gasteiger partial charge in [0.15, 0.2) is 0 Å². The zero-order valence-corrected chi connectivity index (χ0v) is 64.2. The number of fused-ring (bicyclic) bond motifs is 1. The first-order valence-electron chi connectivity index (χ1n) is 36.5. The number of hydrogen-bond acceptors (Lipinski definition) is 9. The second kappa shape index (κ2) is 33.9. The molecule has 0 aromatic carbocycles. The molecule has 89 heavy (non-hydrogen) atoms. The molecule has 0 radical (unpaired) electrons. The molecule has 0 spiro atoms. The number of ether oxygens (including phenoxy) is 2. The molecule has 0 aromatic heterocycles. The Morgan fingerprint density at radius 2 is 0.573 bits per heavy atom. The molecule has 7 saturated heterocycles. The van der Waals surface area contributed by atoms with Crippen molar-refractivity contribution in [2.45, 2.75) is 379 Å². The highest BCUT2D eigenvalue weighted by Crippen LogP contribution is 2.46. The number of hydrogen-bond donors (Lipinski definition) is 2. The lowest BCUT2D eigenvalue weighted by molar-refractivity contribution is -0.139. The van der Waals surface area contributed by atoms with Crippen LogP contribution in [0, 0.1) is 41.4 Å². The second-order valence-electron chi connectivity index (χ2n) is 36.6. The Kier molecular flexibility index (Phi) is 31.8. The molecule has 7 aliphatic rings. The van der Waals surface area contributed by atoms with Crippen molar-refractivity contribution in [1.82, 2.24) is 35.1 Å². The average molecular weight is 1260 g/mol. The lowest BCUT2D eigenvalue weighted by atomic mass is 9.74. The maximum Gasteiger partial charge on any atom is 0.309 e. The number of carbonyl (C=O) groups is 2. The van der Waals surface area contributed by atoms with Crippen LogP contribution in [-0.2, 0) is 19.1 Å². The smallest absolute Gasteiger partial charge is 0.309 e. The van der Waals surface area contributed by atoms with Crippen LogP contribution >= 0.6 is 0 Å². The van der Waals surface area contributed by atoms with Crippen LogP contribution < -0.4 is 10.6 Å². The highest BCUT2D eigenvalue weighted by Gasteiger charge is 2.49. The van der Waals surface area contributed by atoms with E-state index in [4.69, 9.17) is 9.47 Å². The zero-order chi connectivity index (χ0) is 67.5. The van der Waals surface area contributed by atoms with Gasteiger partial charge in [-0.05, 0) is 284 Å². The first-order valence-corrected chi connectivity index (χ1v) is 36.5. The van der Waals surface area contributed by atoms with E-state index in [0.717, 1.165) is 68.7 Å². The predicted octanol–water partition coefficient (Wildman–Crippen LogP) is 17.9. The maximum absolute atomic E-state index is 10.9. The Bertz CT molecular complexity index is 1910. The summed E-state index contributed by atoms with van der Waals surface area (Å²) in [6.45, 7) is 80.1. The molecular formula is C78H155N7O4. The summed E-state index contributed by atoms with van der Waals surface area (Å²) >= 11 is 0. The molecule has 0 aromatic rings. The van der Waals surface area contributed by atoms with Gasteiger partial charge >= 0.3 is 11.8 Å². The van der Waals surface area contributed by atoms with Crippen LogP contribution in [-0.4, -0.2) is 163 Å². The van der Waals surface area contributed by atoms with Gasteiger partial charge in [0.2, 0.25) is 0 Å². The molecule has 2 unspecified atom stereocenters. The summed E-state index contributed by atoms with van der Waals surface area (Å²) in [7, 11) is 0. The quantitative estimate of drug-likeness (QED) is 0.0945. The largest absolute Gasteiger partial charge is 0.375 e. The minimum atomic E-state index is -0.537. The molecule has 7 fully saturated rings. The van der Waals surface area contributed by atoms with Gasteiger partial charge in [-0.2, -0.15) is 0 Å². The molecule has 7 aliphatic heterocycles. The van der Waals surface area contributed by atoms with Crippen molar-refractivity contribution >= 4 is 11.8 Å². The molecule has 7 rings (SSSR count). The SMILES string of the molecule is C.CC1CC(C)(C)N(CC=CCN2C(C)(C)CC(C)CC2(C)C)C(C)(C)C1.CC1CC(C)(C)N(CCCCN2C(C)(C)CC(C)CC2(C)C)C(C)(C)C1.CCCN1C(C)(C)CC(C)CC1(C)C.CCCNC(=O)C(=O)NCCC.C[C@@H]1COC2C1OC[C@@H]2C. The van der Waals surface area contributed by atoms with Gasteiger partial charge in [-0.1, -0.05) is 88.8 Å². The van der Waals surface area contributed by atoms with E-state index < -0.39 is 11.8 Å². The third-order valence-electron chi connectivity index (χ3n) is 21.8. The van der Waals surface area contributed by atoms with Crippen molar-refractivity contribution in [3.8, 4) is 0 Å². The Morgan fingerprint density at radius 1 is 0.360 bits per heavy atom. The van der Waals surface area contributed by atoms with Crippen LogP contribution in [0.4, 0.5) is 0 Å². The zero-order valence-electron chi connectivity index (χ0n) is 64.2. The van der Waals surface area contributed by atoms with Crippen LogP contribution in [0.1, 0.15) is 311 Å². The fourth-order valence-electron chi connectivity index (χ4n) is 20.5. The van der Waals surface area contributed by atoms with E-state index >= 15 is 0 Å². The Balaban J connectivity index is 0.000000398. The van der Waals surface area contributed by atoms with Crippen LogP contribution in [0.25, 0.3) is 0 Å². The summed E-state index contributed by atoms with van der Waals surface area (Å²) in [5.41, 5.74) is 3.24. The summed E-state index contributed by atoms with van der Waals surface area (Å²) in [5.74, 6) is 4.32. The monoisotopic (exact) mass is 1250 g/mol. The summed E-state index contributed by atoms with van der Waals surface area (Å²) in [6.07, 6.45) is 24.5. The van der Waals surface area contributed by atoms with Gasteiger partial charge in [-0.15, -0.1) is 0 Å². The number of carbonyl (C=O) groups excluding carboxylic acids is 2. The minimum absolute atomic E-state index is 0. The fourth-order valence-corrected chi connectivity index (χ4v) is 20.5. The first-order chi connectivity index (χ1) is 40.1. The predicted molar refractivity (Wildman–Crippen MR) is 386 cm³/mol. The van der Waals surface area contributed by atoms with Crippen molar-refractivity contribution in [3.05, 3.63) is 12.2 Å². The van der Waals surface area contributed by atoms with E-state index in [9.17, 15) is 9.59 Å². The Hall–Kier alpha value is -1.60. The fraction of sp³-hybridized carbons (Fsp3) is 0.949. The lowest BCUT2D eigenvalue weighted by Crippen LogP contribution is -2.61. The van der Waals surface area contributed by atoms with E-state index in [1.807, 2.05) is 13.8 Å². The Morgan fingerprint density at radius 3 is 0.787 bits per heavy atom. The molecule has 0 saturated carbocycles. The van der Waals surface area contributed by atoms with Crippen LogP contribution in [0.5, 0.6) is 0 Å². The van der Waals surface area contributed by atoms with Gasteiger partial charge in [0, 0.05) is 93.4 Å².